The second-order valence-electron chi connectivity index (χ2n) is 15.2. The number of carbonyl (C=O) groups excluding carboxylic acids is 2. The molecule has 6 heteroatoms. The summed E-state index contributed by atoms with van der Waals surface area (Å²) in [4.78, 5) is 26.0. The number of amides is 1. The molecule has 56 heavy (non-hydrogen) atoms. The molecular weight excluding hydrogens is 695 g/mol. The first kappa shape index (κ1) is 53.0. The second-order valence-corrected chi connectivity index (χ2v) is 15.2. The summed E-state index contributed by atoms with van der Waals surface area (Å²) in [5.41, 5.74) is 0. The molecule has 0 saturated heterocycles. The highest BCUT2D eigenvalue weighted by molar-refractivity contribution is 5.77. The third-order valence-corrected chi connectivity index (χ3v) is 9.85. The maximum absolute atomic E-state index is 13.1. The lowest BCUT2D eigenvalue weighted by molar-refractivity contribution is -0.151. The topological polar surface area (TPSA) is 95.9 Å². The molecule has 3 unspecified atom stereocenters. The molecule has 0 fully saturated rings. The Balaban J connectivity index is 4.74. The van der Waals surface area contributed by atoms with E-state index in [1.165, 1.54) is 57.8 Å². The van der Waals surface area contributed by atoms with Gasteiger partial charge in [-0.25, -0.2) is 0 Å². The number of ether oxygens (including phenoxy) is 1. The molecule has 0 rings (SSSR count). The van der Waals surface area contributed by atoms with Crippen LogP contribution in [0.5, 0.6) is 0 Å². The van der Waals surface area contributed by atoms with Crippen LogP contribution in [0.2, 0.25) is 0 Å². The van der Waals surface area contributed by atoms with E-state index >= 15 is 0 Å². The second kappa shape index (κ2) is 43.2. The molecule has 0 aromatic heterocycles. The molecule has 0 spiro atoms. The number of carbonyl (C=O) groups is 2. The maximum atomic E-state index is 13.1. The molecule has 0 bridgehead atoms. The standard InChI is InChI=1S/C50H85NO5/c1-4-7-10-13-16-19-22-25-28-31-34-37-40-43-50(55)56-46(41-38-35-32-29-26-23-20-17-14-11-8-5-2)44-49(54)51-47(45-52)48(53)42-39-36-33-30-27-24-21-18-15-12-9-6-3/h7-8,10-11,13,16-17,19-20,22,25,28,31,34,46-48,52-53H,4-6,9,12,14-15,18,21,23-24,26-27,29-30,32-33,35-45H2,1-3H3,(H,51,54)/b10-7+,11-8+,16-13+,20-17+,22-19-,28-25-,34-31+. The predicted octanol–water partition coefficient (Wildman–Crippen LogP) is 13.2. The molecule has 3 atom stereocenters. The van der Waals surface area contributed by atoms with Gasteiger partial charge in [0.25, 0.3) is 0 Å². The minimum Gasteiger partial charge on any atom is -0.462 e. The van der Waals surface area contributed by atoms with E-state index in [-0.39, 0.29) is 24.9 Å². The van der Waals surface area contributed by atoms with Crippen molar-refractivity contribution in [2.75, 3.05) is 6.61 Å². The fourth-order valence-corrected chi connectivity index (χ4v) is 6.44. The van der Waals surface area contributed by atoms with Crippen molar-refractivity contribution in [3.8, 4) is 0 Å². The van der Waals surface area contributed by atoms with Gasteiger partial charge in [-0.2, -0.15) is 0 Å². The first-order valence-corrected chi connectivity index (χ1v) is 22.9. The normalized spacial score (nSPS) is 14.2. The van der Waals surface area contributed by atoms with Crippen LogP contribution in [0.1, 0.15) is 194 Å². The van der Waals surface area contributed by atoms with Crippen LogP contribution < -0.4 is 5.32 Å². The summed E-state index contributed by atoms with van der Waals surface area (Å²) in [6.07, 6.45) is 55.0. The number of hydrogen-bond acceptors (Lipinski definition) is 5. The van der Waals surface area contributed by atoms with Crippen LogP contribution >= 0.6 is 0 Å². The van der Waals surface area contributed by atoms with E-state index in [1.807, 2.05) is 54.7 Å². The summed E-state index contributed by atoms with van der Waals surface area (Å²) in [6, 6.07) is -0.723. The van der Waals surface area contributed by atoms with Crippen molar-refractivity contribution in [3.05, 3.63) is 85.1 Å². The fraction of sp³-hybridized carbons (Fsp3) is 0.680. The lowest BCUT2D eigenvalue weighted by atomic mass is 10.0. The highest BCUT2D eigenvalue weighted by Gasteiger charge is 2.24. The SMILES string of the molecule is CC/C=C/C=C/C=C\C=C/C=C/CCCC(=O)OC(CCCCCCC/C=C/C/C=C/CC)CC(=O)NC(CO)C(O)CCCCCCCCCCCCCC. The van der Waals surface area contributed by atoms with Crippen LogP contribution in [0.4, 0.5) is 0 Å². The van der Waals surface area contributed by atoms with E-state index in [0.717, 1.165) is 83.5 Å². The van der Waals surface area contributed by atoms with E-state index in [4.69, 9.17) is 4.74 Å². The Morgan fingerprint density at radius 3 is 1.64 bits per heavy atom. The zero-order chi connectivity index (χ0) is 41.0. The van der Waals surface area contributed by atoms with E-state index in [0.29, 0.717) is 25.7 Å². The molecular formula is C50H85NO5. The van der Waals surface area contributed by atoms with Gasteiger partial charge in [0.05, 0.1) is 25.2 Å². The van der Waals surface area contributed by atoms with Gasteiger partial charge in [-0.15, -0.1) is 0 Å². The molecule has 0 aliphatic carbocycles. The summed E-state index contributed by atoms with van der Waals surface area (Å²) in [6.45, 7) is 6.18. The maximum Gasteiger partial charge on any atom is 0.306 e. The number of nitrogens with one attached hydrogen (secondary N) is 1. The van der Waals surface area contributed by atoms with Crippen molar-refractivity contribution in [3.63, 3.8) is 0 Å². The molecule has 0 aliphatic heterocycles. The quantitative estimate of drug-likeness (QED) is 0.0250. The number of hydrogen-bond donors (Lipinski definition) is 3. The Kier molecular flexibility index (Phi) is 40.9. The Morgan fingerprint density at radius 2 is 1.05 bits per heavy atom. The molecule has 0 radical (unpaired) electrons. The van der Waals surface area contributed by atoms with Gasteiger partial charge in [-0.05, 0) is 64.2 Å². The predicted molar refractivity (Wildman–Crippen MR) is 241 cm³/mol. The first-order valence-electron chi connectivity index (χ1n) is 22.9. The lowest BCUT2D eigenvalue weighted by Gasteiger charge is -2.24. The molecule has 320 valence electrons. The third kappa shape index (κ3) is 37.9. The van der Waals surface area contributed by atoms with Crippen LogP contribution in [0, 0.1) is 0 Å². The highest BCUT2D eigenvalue weighted by Crippen LogP contribution is 2.17. The van der Waals surface area contributed by atoms with Crippen LogP contribution in [0.25, 0.3) is 0 Å². The summed E-state index contributed by atoms with van der Waals surface area (Å²) < 4.78 is 5.85. The highest BCUT2D eigenvalue weighted by atomic mass is 16.5. The smallest absolute Gasteiger partial charge is 0.306 e. The number of aliphatic hydroxyl groups is 2. The molecule has 0 heterocycles. The van der Waals surface area contributed by atoms with Crippen LogP contribution in [-0.2, 0) is 14.3 Å². The van der Waals surface area contributed by atoms with E-state index < -0.39 is 18.2 Å². The van der Waals surface area contributed by atoms with Crippen molar-refractivity contribution in [1.82, 2.24) is 5.32 Å². The van der Waals surface area contributed by atoms with Gasteiger partial charge < -0.3 is 20.3 Å². The van der Waals surface area contributed by atoms with E-state index in [2.05, 4.69) is 56.5 Å². The third-order valence-electron chi connectivity index (χ3n) is 9.85. The number of esters is 1. The Morgan fingerprint density at radius 1 is 0.554 bits per heavy atom. The first-order chi connectivity index (χ1) is 27.5. The number of unbranched alkanes of at least 4 members (excludes halogenated alkanes) is 17. The van der Waals surface area contributed by atoms with E-state index in [1.54, 1.807) is 0 Å². The fourth-order valence-electron chi connectivity index (χ4n) is 6.44. The summed E-state index contributed by atoms with van der Waals surface area (Å²) in [5.74, 6) is -0.585. The van der Waals surface area contributed by atoms with Crippen LogP contribution in [0.15, 0.2) is 85.1 Å². The van der Waals surface area contributed by atoms with Gasteiger partial charge in [0, 0.05) is 6.42 Å². The molecule has 1 amide bonds. The van der Waals surface area contributed by atoms with Gasteiger partial charge in [0.2, 0.25) is 5.91 Å². The molecule has 0 aliphatic rings. The number of aliphatic hydroxyl groups excluding tert-OH is 2. The molecule has 3 N–H and O–H groups in total. The van der Waals surface area contributed by atoms with Gasteiger partial charge in [-0.1, -0.05) is 202 Å². The van der Waals surface area contributed by atoms with Gasteiger partial charge in [0.15, 0.2) is 0 Å². The van der Waals surface area contributed by atoms with Gasteiger partial charge in [-0.3, -0.25) is 9.59 Å². The largest absolute Gasteiger partial charge is 0.462 e. The minimum absolute atomic E-state index is 0.0349. The Hall–Kier alpha value is -2.96. The van der Waals surface area contributed by atoms with Crippen molar-refractivity contribution < 1.29 is 24.5 Å². The molecule has 0 aromatic carbocycles. The number of rotatable bonds is 39. The molecule has 0 saturated carbocycles. The average molecular weight is 780 g/mol. The van der Waals surface area contributed by atoms with Crippen molar-refractivity contribution in [2.45, 2.75) is 212 Å². The average Bonchev–Trinajstić information content (AvgIpc) is 3.19. The van der Waals surface area contributed by atoms with Crippen molar-refractivity contribution >= 4 is 11.9 Å². The number of allylic oxidation sites excluding steroid dienone is 14. The monoisotopic (exact) mass is 780 g/mol. The van der Waals surface area contributed by atoms with E-state index in [9.17, 15) is 19.8 Å². The van der Waals surface area contributed by atoms with Gasteiger partial charge in [0.1, 0.15) is 6.10 Å². The van der Waals surface area contributed by atoms with Crippen molar-refractivity contribution in [1.29, 1.82) is 0 Å². The summed E-state index contributed by atoms with van der Waals surface area (Å²) >= 11 is 0. The Labute approximate surface area is 344 Å². The lowest BCUT2D eigenvalue weighted by Crippen LogP contribution is -2.46. The van der Waals surface area contributed by atoms with Crippen LogP contribution in [0.3, 0.4) is 0 Å². The zero-order valence-electron chi connectivity index (χ0n) is 36.2. The molecule has 0 aromatic rings. The molecule has 6 nitrogen and oxygen atoms in total. The van der Waals surface area contributed by atoms with Crippen molar-refractivity contribution in [2.24, 2.45) is 0 Å². The Bertz CT molecular complexity index is 1100. The zero-order valence-corrected chi connectivity index (χ0v) is 36.2. The summed E-state index contributed by atoms with van der Waals surface area (Å²) in [7, 11) is 0. The minimum atomic E-state index is -0.806. The van der Waals surface area contributed by atoms with Crippen LogP contribution in [-0.4, -0.2) is 46.9 Å². The summed E-state index contributed by atoms with van der Waals surface area (Å²) in [5, 5.41) is 23.6. The van der Waals surface area contributed by atoms with Gasteiger partial charge >= 0.3 is 5.97 Å².